The highest BCUT2D eigenvalue weighted by Gasteiger charge is 2.14. The highest BCUT2D eigenvalue weighted by atomic mass is 19.1. The first-order valence-electron chi connectivity index (χ1n) is 8.84. The summed E-state index contributed by atoms with van der Waals surface area (Å²) in [5.41, 5.74) is 1.46. The molecule has 0 radical (unpaired) electrons. The molecule has 3 rings (SSSR count). The second-order valence-electron chi connectivity index (χ2n) is 6.44. The summed E-state index contributed by atoms with van der Waals surface area (Å²) in [6.07, 6.45) is 1.50. The van der Waals surface area contributed by atoms with Crippen molar-refractivity contribution in [1.29, 1.82) is 0 Å². The average Bonchev–Trinajstić information content (AvgIpc) is 2.70. The molecule has 0 aliphatic rings. The van der Waals surface area contributed by atoms with Gasteiger partial charge in [-0.25, -0.2) is 4.39 Å². The molecule has 2 aromatic carbocycles. The van der Waals surface area contributed by atoms with E-state index in [9.17, 15) is 14.0 Å². The molecule has 0 spiro atoms. The van der Waals surface area contributed by atoms with E-state index in [-0.39, 0.29) is 30.2 Å². The van der Waals surface area contributed by atoms with Crippen LogP contribution in [0.2, 0.25) is 0 Å². The third kappa shape index (κ3) is 4.46. The van der Waals surface area contributed by atoms with Crippen LogP contribution in [0.15, 0.2) is 71.7 Å². The van der Waals surface area contributed by atoms with Crippen molar-refractivity contribution in [3.8, 4) is 5.75 Å². The number of likely N-dealkylation sites (N-methyl/N-ethyl adjacent to an activating group) is 1. The number of hydrogen-bond donors (Lipinski definition) is 0. The summed E-state index contributed by atoms with van der Waals surface area (Å²) < 4.78 is 20.9. The Morgan fingerprint density at radius 2 is 1.79 bits per heavy atom. The quantitative estimate of drug-likeness (QED) is 0.657. The molecule has 1 heterocycles. The minimum absolute atomic E-state index is 0.0492. The lowest BCUT2D eigenvalue weighted by Gasteiger charge is -2.19. The summed E-state index contributed by atoms with van der Waals surface area (Å²) in [5.74, 6) is -0.461. The zero-order chi connectivity index (χ0) is 20.1. The molecule has 0 saturated carbocycles. The van der Waals surface area contributed by atoms with Crippen molar-refractivity contribution >= 4 is 11.6 Å². The average molecular weight is 380 g/mol. The van der Waals surface area contributed by atoms with Gasteiger partial charge in [0.1, 0.15) is 19.0 Å². The molecule has 6 heteroatoms. The highest BCUT2D eigenvalue weighted by molar-refractivity contribution is 5.92. The number of hydrogen-bond acceptors (Lipinski definition) is 3. The number of nitrogens with zero attached hydrogens (tertiary/aromatic N) is 2. The molecule has 0 unspecified atom stereocenters. The number of halogens is 1. The summed E-state index contributed by atoms with van der Waals surface area (Å²) >= 11 is 0. The highest BCUT2D eigenvalue weighted by Crippen LogP contribution is 2.14. The Kier molecular flexibility index (Phi) is 5.89. The number of rotatable bonds is 6. The summed E-state index contributed by atoms with van der Waals surface area (Å²) in [6, 6.07) is 16.9. The zero-order valence-corrected chi connectivity index (χ0v) is 15.8. The monoisotopic (exact) mass is 380 g/mol. The number of carbonyl (C=O) groups is 1. The van der Waals surface area contributed by atoms with Crippen LogP contribution in [-0.2, 0) is 17.9 Å². The van der Waals surface area contributed by atoms with E-state index < -0.39 is 5.82 Å². The van der Waals surface area contributed by atoms with Gasteiger partial charge in [0.15, 0.2) is 5.75 Å². The van der Waals surface area contributed by atoms with Crippen molar-refractivity contribution in [2.45, 2.75) is 20.1 Å². The third-order valence-corrected chi connectivity index (χ3v) is 4.47. The van der Waals surface area contributed by atoms with Crippen molar-refractivity contribution in [3.05, 3.63) is 94.2 Å². The zero-order valence-electron chi connectivity index (χ0n) is 15.8. The normalized spacial score (nSPS) is 10.5. The fourth-order valence-electron chi connectivity index (χ4n) is 2.75. The first-order valence-corrected chi connectivity index (χ1v) is 8.84. The van der Waals surface area contributed by atoms with Gasteiger partial charge >= 0.3 is 0 Å². The number of benzene rings is 2. The molecule has 3 aromatic rings. The predicted octanol–water partition coefficient (Wildman–Crippen LogP) is 3.54. The van der Waals surface area contributed by atoms with E-state index in [0.29, 0.717) is 11.3 Å². The van der Waals surface area contributed by atoms with Gasteiger partial charge in [-0.3, -0.25) is 9.59 Å². The molecule has 5 nitrogen and oxygen atoms in total. The maximum absolute atomic E-state index is 13.7. The number of anilines is 1. The molecule has 0 aliphatic carbocycles. The van der Waals surface area contributed by atoms with E-state index in [4.69, 9.17) is 4.74 Å². The van der Waals surface area contributed by atoms with Gasteiger partial charge in [0, 0.05) is 30.1 Å². The molecule has 28 heavy (non-hydrogen) atoms. The van der Waals surface area contributed by atoms with Gasteiger partial charge in [-0.05, 0) is 25.1 Å². The van der Waals surface area contributed by atoms with Crippen molar-refractivity contribution < 1.29 is 13.9 Å². The Morgan fingerprint density at radius 3 is 2.50 bits per heavy atom. The number of carbonyl (C=O) groups excluding carboxylic acids is 1. The van der Waals surface area contributed by atoms with E-state index in [1.807, 2.05) is 30.3 Å². The first kappa shape index (κ1) is 19.4. The van der Waals surface area contributed by atoms with Gasteiger partial charge in [0.05, 0.1) is 6.20 Å². The number of para-hydroxylation sites is 1. The Bertz CT molecular complexity index is 1030. The van der Waals surface area contributed by atoms with Gasteiger partial charge in [-0.1, -0.05) is 36.4 Å². The van der Waals surface area contributed by atoms with E-state index in [2.05, 4.69) is 0 Å². The van der Waals surface area contributed by atoms with Gasteiger partial charge in [-0.15, -0.1) is 0 Å². The van der Waals surface area contributed by atoms with Crippen LogP contribution in [0.25, 0.3) is 0 Å². The number of aryl methyl sites for hydroxylation is 1. The summed E-state index contributed by atoms with van der Waals surface area (Å²) in [5, 5.41) is 0. The van der Waals surface area contributed by atoms with Gasteiger partial charge < -0.3 is 14.2 Å². The van der Waals surface area contributed by atoms with Crippen LogP contribution in [-0.4, -0.2) is 17.5 Å². The molecule has 144 valence electrons. The standard InChI is InChI=1S/C22H21FN2O3/c1-16-12-20(26)21(28-15-17-8-6-7-11-19(17)23)13-25(16)14-22(27)24(2)18-9-4-3-5-10-18/h3-13H,14-15H2,1-2H3. The molecule has 0 atom stereocenters. The Labute approximate surface area is 162 Å². The lowest BCUT2D eigenvalue weighted by Crippen LogP contribution is -2.31. The molecular weight excluding hydrogens is 359 g/mol. The second-order valence-corrected chi connectivity index (χ2v) is 6.44. The van der Waals surface area contributed by atoms with Crippen LogP contribution in [0.3, 0.4) is 0 Å². The Hall–Kier alpha value is -3.41. The fraction of sp³-hybridized carbons (Fsp3) is 0.182. The Balaban J connectivity index is 1.76. The number of pyridine rings is 1. The summed E-state index contributed by atoms with van der Waals surface area (Å²) in [6.45, 7) is 1.73. The van der Waals surface area contributed by atoms with E-state index in [1.165, 1.54) is 18.3 Å². The van der Waals surface area contributed by atoms with Crippen LogP contribution in [0, 0.1) is 12.7 Å². The van der Waals surface area contributed by atoms with E-state index >= 15 is 0 Å². The number of ether oxygens (including phenoxy) is 1. The molecule has 0 N–H and O–H groups in total. The molecule has 0 saturated heterocycles. The van der Waals surface area contributed by atoms with Crippen molar-refractivity contribution in [1.82, 2.24) is 4.57 Å². The van der Waals surface area contributed by atoms with Crippen LogP contribution in [0.5, 0.6) is 5.75 Å². The SMILES string of the molecule is Cc1cc(=O)c(OCc2ccccc2F)cn1CC(=O)N(C)c1ccccc1. The number of amides is 1. The number of aromatic nitrogens is 1. The van der Waals surface area contributed by atoms with Crippen molar-refractivity contribution in [3.63, 3.8) is 0 Å². The maximum atomic E-state index is 13.7. The first-order chi connectivity index (χ1) is 13.5. The minimum Gasteiger partial charge on any atom is -0.483 e. The van der Waals surface area contributed by atoms with Gasteiger partial charge in [0.2, 0.25) is 11.3 Å². The van der Waals surface area contributed by atoms with Gasteiger partial charge in [0.25, 0.3) is 0 Å². The molecule has 1 amide bonds. The summed E-state index contributed by atoms with van der Waals surface area (Å²) in [7, 11) is 1.70. The largest absolute Gasteiger partial charge is 0.483 e. The maximum Gasteiger partial charge on any atom is 0.246 e. The van der Waals surface area contributed by atoms with Crippen LogP contribution >= 0.6 is 0 Å². The van der Waals surface area contributed by atoms with Crippen molar-refractivity contribution in [2.75, 3.05) is 11.9 Å². The van der Waals surface area contributed by atoms with E-state index in [1.54, 1.807) is 41.6 Å². The van der Waals surface area contributed by atoms with Gasteiger partial charge in [-0.2, -0.15) is 0 Å². The Morgan fingerprint density at radius 1 is 1.11 bits per heavy atom. The fourth-order valence-corrected chi connectivity index (χ4v) is 2.75. The van der Waals surface area contributed by atoms with Crippen LogP contribution < -0.4 is 15.1 Å². The summed E-state index contributed by atoms with van der Waals surface area (Å²) in [4.78, 5) is 26.4. The predicted molar refractivity (Wildman–Crippen MR) is 106 cm³/mol. The third-order valence-electron chi connectivity index (χ3n) is 4.47. The molecule has 0 aliphatic heterocycles. The molecular formula is C22H21FN2O3. The lowest BCUT2D eigenvalue weighted by atomic mass is 10.2. The van der Waals surface area contributed by atoms with Crippen LogP contribution in [0.4, 0.5) is 10.1 Å². The second kappa shape index (κ2) is 8.52. The molecule has 0 fully saturated rings. The lowest BCUT2D eigenvalue weighted by molar-refractivity contribution is -0.118. The molecule has 1 aromatic heterocycles. The minimum atomic E-state index is -0.394. The van der Waals surface area contributed by atoms with Crippen molar-refractivity contribution in [2.24, 2.45) is 0 Å². The smallest absolute Gasteiger partial charge is 0.246 e. The van der Waals surface area contributed by atoms with Crippen LogP contribution in [0.1, 0.15) is 11.3 Å². The van der Waals surface area contributed by atoms with E-state index in [0.717, 1.165) is 5.69 Å². The topological polar surface area (TPSA) is 51.5 Å². The molecule has 0 bridgehead atoms.